The molecule has 0 unspecified atom stereocenters. The number of amidine groups is 1. The third-order valence-electron chi connectivity index (χ3n) is 4.91. The number of fused-ring (bicyclic) bond motifs is 4. The van der Waals surface area contributed by atoms with Gasteiger partial charge in [-0.3, -0.25) is 0 Å². The number of benzene rings is 2. The number of pyridine rings is 1. The fourth-order valence-corrected chi connectivity index (χ4v) is 4.62. The quantitative estimate of drug-likeness (QED) is 0.603. The molecule has 28 heavy (non-hydrogen) atoms. The van der Waals surface area contributed by atoms with Crippen LogP contribution in [0.3, 0.4) is 0 Å². The Morgan fingerprint density at radius 2 is 2.00 bits per heavy atom. The monoisotopic (exact) mass is 397 g/mol. The van der Waals surface area contributed by atoms with E-state index < -0.39 is 17.3 Å². The van der Waals surface area contributed by atoms with E-state index >= 15 is 0 Å². The van der Waals surface area contributed by atoms with Crippen LogP contribution < -0.4 is 10.5 Å². The van der Waals surface area contributed by atoms with Gasteiger partial charge in [-0.05, 0) is 35.9 Å². The number of hydrogen-bond donors (Lipinski definition) is 2. The summed E-state index contributed by atoms with van der Waals surface area (Å²) in [6.07, 6.45) is 1.38. The first-order valence-electron chi connectivity index (χ1n) is 8.42. The van der Waals surface area contributed by atoms with Crippen molar-refractivity contribution in [3.63, 3.8) is 0 Å². The minimum absolute atomic E-state index is 0.00431. The van der Waals surface area contributed by atoms with Gasteiger partial charge in [0.1, 0.15) is 17.0 Å². The van der Waals surface area contributed by atoms with Crippen LogP contribution >= 0.6 is 11.8 Å². The van der Waals surface area contributed by atoms with Crippen molar-refractivity contribution in [3.05, 3.63) is 71.6 Å². The summed E-state index contributed by atoms with van der Waals surface area (Å²) in [5.41, 5.74) is 6.84. The second kappa shape index (κ2) is 5.93. The van der Waals surface area contributed by atoms with Crippen LogP contribution in [-0.4, -0.2) is 21.0 Å². The Morgan fingerprint density at radius 3 is 2.75 bits per heavy atom. The average Bonchev–Trinajstić information content (AvgIpc) is 3.06. The van der Waals surface area contributed by atoms with Crippen LogP contribution in [0.1, 0.15) is 11.1 Å². The molecule has 1 atom stereocenters. The first kappa shape index (κ1) is 17.0. The highest BCUT2D eigenvalue weighted by atomic mass is 32.2. The van der Waals surface area contributed by atoms with E-state index in [0.717, 1.165) is 6.07 Å². The number of ether oxygens (including phenoxy) is 1. The number of aromatic hydroxyl groups is 1. The summed E-state index contributed by atoms with van der Waals surface area (Å²) in [6.45, 7) is 0. The summed E-state index contributed by atoms with van der Waals surface area (Å²) < 4.78 is 34.5. The number of phenols is 1. The molecule has 1 aromatic heterocycles. The molecule has 0 saturated carbocycles. The Labute approximate surface area is 162 Å². The molecule has 8 heteroatoms. The zero-order chi connectivity index (χ0) is 19.5. The molecule has 2 aromatic carbocycles. The largest absolute Gasteiger partial charge is 0.508 e. The smallest absolute Gasteiger partial charge is 0.220 e. The van der Waals surface area contributed by atoms with Crippen LogP contribution in [-0.2, 0) is 5.54 Å². The van der Waals surface area contributed by atoms with Gasteiger partial charge < -0.3 is 15.6 Å². The Morgan fingerprint density at radius 1 is 1.14 bits per heavy atom. The molecule has 5 rings (SSSR count). The van der Waals surface area contributed by atoms with Crippen LogP contribution in [0.4, 0.5) is 8.78 Å². The standard InChI is InChI=1S/C20H13F2N3O2S/c21-15-8-11(26)7-14-17(15)27-16-4-3-10(12-2-1-5-24-18(12)22)6-13(16)20(14)9-28-19(23)25-20/h1-8,26H,9H2,(H2,23,25)/t20-/m0/s1. The number of thioether (sulfide) groups is 1. The Hall–Kier alpha value is -3.13. The summed E-state index contributed by atoms with van der Waals surface area (Å²) in [6, 6.07) is 10.8. The Kier molecular flexibility index (Phi) is 3.60. The number of rotatable bonds is 1. The van der Waals surface area contributed by atoms with Gasteiger partial charge in [0.2, 0.25) is 5.95 Å². The molecular weight excluding hydrogens is 384 g/mol. The molecule has 1 spiro atoms. The molecular formula is C20H13F2N3O2S. The lowest BCUT2D eigenvalue weighted by Crippen LogP contribution is -2.30. The van der Waals surface area contributed by atoms with E-state index in [2.05, 4.69) is 9.98 Å². The number of phenolic OH excluding ortho intramolecular Hbond substituents is 1. The summed E-state index contributed by atoms with van der Waals surface area (Å²) >= 11 is 1.33. The molecule has 0 radical (unpaired) electrons. The van der Waals surface area contributed by atoms with Crippen molar-refractivity contribution in [2.24, 2.45) is 10.7 Å². The average molecular weight is 397 g/mol. The maximum Gasteiger partial charge on any atom is 0.220 e. The third kappa shape index (κ3) is 2.37. The van der Waals surface area contributed by atoms with E-state index in [0.29, 0.717) is 38.9 Å². The minimum Gasteiger partial charge on any atom is -0.508 e. The van der Waals surface area contributed by atoms with Gasteiger partial charge in [-0.1, -0.05) is 17.8 Å². The van der Waals surface area contributed by atoms with Crippen molar-refractivity contribution in [2.75, 3.05) is 5.75 Å². The van der Waals surface area contributed by atoms with Crippen molar-refractivity contribution in [3.8, 4) is 28.4 Å². The highest BCUT2D eigenvalue weighted by Gasteiger charge is 2.47. The van der Waals surface area contributed by atoms with E-state index in [9.17, 15) is 13.9 Å². The number of aromatic nitrogens is 1. The molecule has 0 saturated heterocycles. The second-order valence-electron chi connectivity index (χ2n) is 6.56. The molecule has 2 aliphatic heterocycles. The number of nitrogens with zero attached hydrogens (tertiary/aromatic N) is 2. The molecule has 3 N–H and O–H groups in total. The molecule has 5 nitrogen and oxygen atoms in total. The van der Waals surface area contributed by atoms with Gasteiger partial charge in [-0.15, -0.1) is 0 Å². The third-order valence-corrected chi connectivity index (χ3v) is 5.86. The molecule has 140 valence electrons. The maximum atomic E-state index is 14.5. The van der Waals surface area contributed by atoms with Crippen LogP contribution in [0.2, 0.25) is 0 Å². The number of hydrogen-bond acceptors (Lipinski definition) is 6. The van der Waals surface area contributed by atoms with Crippen molar-refractivity contribution in [1.82, 2.24) is 4.98 Å². The van der Waals surface area contributed by atoms with Gasteiger partial charge in [-0.25, -0.2) is 14.4 Å². The predicted molar refractivity (Wildman–Crippen MR) is 103 cm³/mol. The van der Waals surface area contributed by atoms with Crippen molar-refractivity contribution in [2.45, 2.75) is 5.54 Å². The van der Waals surface area contributed by atoms with E-state index in [1.54, 1.807) is 30.3 Å². The highest BCUT2D eigenvalue weighted by molar-refractivity contribution is 8.14. The molecule has 0 amide bonds. The molecule has 2 aliphatic rings. The lowest BCUT2D eigenvalue weighted by molar-refractivity contribution is 0.381. The SMILES string of the molecule is NC1=N[C@@]2(CS1)c1cc(-c3cccnc3F)ccc1Oc1c(F)cc(O)cc12. The van der Waals surface area contributed by atoms with Crippen LogP contribution in [0.5, 0.6) is 17.2 Å². The topological polar surface area (TPSA) is 80.7 Å². The van der Waals surface area contributed by atoms with E-state index in [1.165, 1.54) is 24.0 Å². The van der Waals surface area contributed by atoms with Gasteiger partial charge in [0.05, 0.1) is 0 Å². The minimum atomic E-state index is -1.04. The Balaban J connectivity index is 1.78. The summed E-state index contributed by atoms with van der Waals surface area (Å²) in [5.74, 6) is -0.699. The fraction of sp³-hybridized carbons (Fsp3) is 0.100. The summed E-state index contributed by atoms with van der Waals surface area (Å²) in [7, 11) is 0. The molecule has 3 heterocycles. The van der Waals surface area contributed by atoms with E-state index in [1.807, 2.05) is 0 Å². The van der Waals surface area contributed by atoms with E-state index in [4.69, 9.17) is 10.5 Å². The Bertz CT molecular complexity index is 1170. The maximum absolute atomic E-state index is 14.5. The van der Waals surface area contributed by atoms with Gasteiger partial charge >= 0.3 is 0 Å². The first-order valence-corrected chi connectivity index (χ1v) is 9.41. The molecule has 0 fully saturated rings. The van der Waals surface area contributed by atoms with Crippen LogP contribution in [0.15, 0.2) is 53.7 Å². The second-order valence-corrected chi connectivity index (χ2v) is 7.55. The summed E-state index contributed by atoms with van der Waals surface area (Å²) in [4.78, 5) is 8.29. The number of aliphatic imine (C=N–C) groups is 1. The van der Waals surface area contributed by atoms with Gasteiger partial charge in [0.25, 0.3) is 0 Å². The molecule has 0 bridgehead atoms. The van der Waals surface area contributed by atoms with Crippen molar-refractivity contribution >= 4 is 16.9 Å². The molecule has 3 aromatic rings. The van der Waals surface area contributed by atoms with E-state index in [-0.39, 0.29) is 11.5 Å². The first-order chi connectivity index (χ1) is 13.5. The zero-order valence-electron chi connectivity index (χ0n) is 14.3. The van der Waals surface area contributed by atoms with Crippen molar-refractivity contribution < 1.29 is 18.6 Å². The predicted octanol–water partition coefficient (Wildman–Crippen LogP) is 4.14. The highest BCUT2D eigenvalue weighted by Crippen LogP contribution is 2.55. The fourth-order valence-electron chi connectivity index (χ4n) is 3.66. The normalized spacial score (nSPS) is 19.7. The number of nitrogens with two attached hydrogens (primary N) is 1. The van der Waals surface area contributed by atoms with Gasteiger partial charge in [0.15, 0.2) is 16.7 Å². The lowest BCUT2D eigenvalue weighted by atomic mass is 9.81. The lowest BCUT2D eigenvalue weighted by Gasteiger charge is -2.34. The van der Waals surface area contributed by atoms with Gasteiger partial charge in [0, 0.05) is 34.7 Å². The number of halogens is 2. The summed E-state index contributed by atoms with van der Waals surface area (Å²) in [5, 5.41) is 10.3. The van der Waals surface area contributed by atoms with Gasteiger partial charge in [-0.2, -0.15) is 4.39 Å². The van der Waals surface area contributed by atoms with Crippen LogP contribution in [0.25, 0.3) is 11.1 Å². The van der Waals surface area contributed by atoms with Crippen molar-refractivity contribution in [1.29, 1.82) is 0 Å². The zero-order valence-corrected chi connectivity index (χ0v) is 15.1. The van der Waals surface area contributed by atoms with Crippen LogP contribution in [0, 0.1) is 11.8 Å². The molecule has 0 aliphatic carbocycles.